The van der Waals surface area contributed by atoms with E-state index >= 15 is 0 Å². The third-order valence-corrected chi connectivity index (χ3v) is 6.63. The molecule has 0 aromatic heterocycles. The summed E-state index contributed by atoms with van der Waals surface area (Å²) < 4.78 is 68.5. The molecule has 0 aliphatic carbocycles. The summed E-state index contributed by atoms with van der Waals surface area (Å²) in [5.41, 5.74) is 0. The highest BCUT2D eigenvalue weighted by Gasteiger charge is 2.31. The van der Waals surface area contributed by atoms with Crippen molar-refractivity contribution < 1.29 is 26.0 Å². The number of piperazine rings is 1. The largest absolute Gasteiger partial charge is 0.494 e. The smallest absolute Gasteiger partial charge is 0.243 e. The number of benzene rings is 1. The first-order valence-electron chi connectivity index (χ1n) is 6.45. The second kappa shape index (κ2) is 6.11. The van der Waals surface area contributed by atoms with Gasteiger partial charge in [0.25, 0.3) is 0 Å². The first-order valence-corrected chi connectivity index (χ1v) is 9.74. The van der Waals surface area contributed by atoms with E-state index in [0.29, 0.717) is 0 Å². The molecule has 1 saturated heterocycles. The van der Waals surface area contributed by atoms with Crippen molar-refractivity contribution in [3.63, 3.8) is 0 Å². The molecule has 1 aromatic rings. The minimum Gasteiger partial charge on any atom is -0.494 e. The molecule has 1 aliphatic rings. The average Bonchev–Trinajstić information content (AvgIpc) is 2.46. The van der Waals surface area contributed by atoms with Crippen molar-refractivity contribution in [2.45, 2.75) is 4.90 Å². The maximum atomic E-state index is 13.7. The van der Waals surface area contributed by atoms with Crippen LogP contribution in [0, 0.1) is 5.82 Å². The minimum absolute atomic E-state index is 0.0308. The Hall–Kier alpha value is -1.23. The molecule has 0 bridgehead atoms. The van der Waals surface area contributed by atoms with E-state index in [0.717, 1.165) is 16.6 Å². The quantitative estimate of drug-likeness (QED) is 0.767. The summed E-state index contributed by atoms with van der Waals surface area (Å²) in [7, 11) is -5.91. The first-order chi connectivity index (χ1) is 10.2. The predicted molar refractivity (Wildman–Crippen MR) is 78.1 cm³/mol. The summed E-state index contributed by atoms with van der Waals surface area (Å²) in [5.74, 6) is -0.806. The van der Waals surface area contributed by atoms with Crippen molar-refractivity contribution in [2.24, 2.45) is 0 Å². The van der Waals surface area contributed by atoms with E-state index in [1.165, 1.54) is 23.5 Å². The van der Waals surface area contributed by atoms with Gasteiger partial charge in [-0.15, -0.1) is 0 Å². The molecule has 0 unspecified atom stereocenters. The highest BCUT2D eigenvalue weighted by Crippen LogP contribution is 2.24. The number of rotatable bonds is 4. The van der Waals surface area contributed by atoms with E-state index in [9.17, 15) is 21.2 Å². The number of nitrogens with zero attached hydrogens (tertiary/aromatic N) is 2. The fourth-order valence-corrected chi connectivity index (χ4v) is 4.46. The summed E-state index contributed by atoms with van der Waals surface area (Å²) in [4.78, 5) is -0.182. The number of methoxy groups -OCH3 is 1. The van der Waals surface area contributed by atoms with Gasteiger partial charge in [0.05, 0.1) is 18.3 Å². The van der Waals surface area contributed by atoms with Crippen LogP contribution in [0.15, 0.2) is 23.1 Å². The van der Waals surface area contributed by atoms with E-state index in [2.05, 4.69) is 0 Å². The van der Waals surface area contributed by atoms with Crippen LogP contribution in [0.25, 0.3) is 0 Å². The van der Waals surface area contributed by atoms with Crippen molar-refractivity contribution in [1.29, 1.82) is 0 Å². The Morgan fingerprint density at radius 1 is 1.05 bits per heavy atom. The molecule has 1 aliphatic heterocycles. The van der Waals surface area contributed by atoms with Crippen LogP contribution in [0.2, 0.25) is 0 Å². The molecule has 0 amide bonds. The standard InChI is InChI=1S/C12H17FN2O5S2/c1-20-12-4-3-10(9-11(12)13)22(18,19)15-7-5-14(6-8-15)21(2,16)17/h3-4,9H,5-8H2,1-2H3. The molecule has 7 nitrogen and oxygen atoms in total. The summed E-state index contributed by atoms with van der Waals surface area (Å²) in [6.07, 6.45) is 1.08. The van der Waals surface area contributed by atoms with Crippen LogP contribution in [0.4, 0.5) is 4.39 Å². The number of ether oxygens (including phenoxy) is 1. The molecular formula is C12H17FN2O5S2. The number of hydrogen-bond acceptors (Lipinski definition) is 5. The summed E-state index contributed by atoms with van der Waals surface area (Å²) >= 11 is 0. The fraction of sp³-hybridized carbons (Fsp3) is 0.500. The van der Waals surface area contributed by atoms with Crippen LogP contribution >= 0.6 is 0 Å². The van der Waals surface area contributed by atoms with Gasteiger partial charge in [-0.05, 0) is 18.2 Å². The van der Waals surface area contributed by atoms with Crippen molar-refractivity contribution in [3.05, 3.63) is 24.0 Å². The van der Waals surface area contributed by atoms with Gasteiger partial charge in [-0.25, -0.2) is 21.2 Å². The Kier molecular flexibility index (Phi) is 4.76. The molecule has 0 atom stereocenters. The van der Waals surface area contributed by atoms with E-state index in [-0.39, 0.29) is 36.8 Å². The summed E-state index contributed by atoms with van der Waals surface area (Å²) in [5, 5.41) is 0. The molecule has 0 radical (unpaired) electrons. The lowest BCUT2D eigenvalue weighted by Gasteiger charge is -2.32. The first kappa shape index (κ1) is 17.1. The molecule has 22 heavy (non-hydrogen) atoms. The third kappa shape index (κ3) is 3.40. The van der Waals surface area contributed by atoms with Crippen molar-refractivity contribution >= 4 is 20.0 Å². The van der Waals surface area contributed by atoms with Gasteiger partial charge in [-0.3, -0.25) is 0 Å². The molecule has 1 heterocycles. The van der Waals surface area contributed by atoms with E-state index in [4.69, 9.17) is 4.74 Å². The number of hydrogen-bond donors (Lipinski definition) is 0. The van der Waals surface area contributed by atoms with Crippen molar-refractivity contribution in [1.82, 2.24) is 8.61 Å². The van der Waals surface area contributed by atoms with Crippen LogP contribution in [-0.4, -0.2) is 65.0 Å². The zero-order valence-electron chi connectivity index (χ0n) is 12.2. The Balaban J connectivity index is 2.20. The van der Waals surface area contributed by atoms with E-state index in [1.54, 1.807) is 0 Å². The maximum Gasteiger partial charge on any atom is 0.243 e. The fourth-order valence-electron chi connectivity index (χ4n) is 2.20. The molecule has 124 valence electrons. The van der Waals surface area contributed by atoms with Crippen LogP contribution in [0.3, 0.4) is 0 Å². The normalized spacial score (nSPS) is 18.3. The molecular weight excluding hydrogens is 335 g/mol. The molecule has 2 rings (SSSR count). The SMILES string of the molecule is COc1ccc(S(=O)(=O)N2CCN(S(C)(=O)=O)CC2)cc1F. The van der Waals surface area contributed by atoms with Crippen LogP contribution < -0.4 is 4.74 Å². The number of sulfonamides is 2. The number of halogens is 1. The van der Waals surface area contributed by atoms with Crippen LogP contribution in [0.5, 0.6) is 5.75 Å². The van der Waals surface area contributed by atoms with Gasteiger partial charge in [-0.1, -0.05) is 0 Å². The Morgan fingerprint density at radius 3 is 2.05 bits per heavy atom. The van der Waals surface area contributed by atoms with Gasteiger partial charge in [0.2, 0.25) is 20.0 Å². The minimum atomic E-state index is -3.86. The zero-order chi connectivity index (χ0) is 16.5. The van der Waals surface area contributed by atoms with E-state index in [1.807, 2.05) is 0 Å². The average molecular weight is 352 g/mol. The van der Waals surface area contributed by atoms with Gasteiger partial charge in [0, 0.05) is 26.2 Å². The lowest BCUT2D eigenvalue weighted by Crippen LogP contribution is -2.50. The van der Waals surface area contributed by atoms with E-state index < -0.39 is 25.9 Å². The maximum absolute atomic E-state index is 13.7. The molecule has 1 fully saturated rings. The predicted octanol–water partition coefficient (Wildman–Crippen LogP) is 0.100. The molecule has 0 N–H and O–H groups in total. The summed E-state index contributed by atoms with van der Waals surface area (Å²) in [6.45, 7) is 0.222. The molecule has 0 spiro atoms. The van der Waals surface area contributed by atoms with Gasteiger partial charge >= 0.3 is 0 Å². The topological polar surface area (TPSA) is 84.0 Å². The molecule has 10 heteroatoms. The van der Waals surface area contributed by atoms with Gasteiger partial charge in [0.1, 0.15) is 0 Å². The summed E-state index contributed by atoms with van der Waals surface area (Å²) in [6, 6.07) is 3.41. The van der Waals surface area contributed by atoms with Crippen LogP contribution in [-0.2, 0) is 20.0 Å². The second-order valence-electron chi connectivity index (χ2n) is 4.86. The second-order valence-corrected chi connectivity index (χ2v) is 8.78. The molecule has 1 aromatic carbocycles. The van der Waals surface area contributed by atoms with Gasteiger partial charge < -0.3 is 4.74 Å². The Morgan fingerprint density at radius 2 is 1.59 bits per heavy atom. The zero-order valence-corrected chi connectivity index (χ0v) is 13.8. The van der Waals surface area contributed by atoms with Crippen molar-refractivity contribution in [2.75, 3.05) is 39.5 Å². The van der Waals surface area contributed by atoms with Gasteiger partial charge in [0.15, 0.2) is 11.6 Å². The highest BCUT2D eigenvalue weighted by atomic mass is 32.2. The Bertz CT molecular complexity index is 756. The highest BCUT2D eigenvalue weighted by molar-refractivity contribution is 7.89. The van der Waals surface area contributed by atoms with Gasteiger partial charge in [-0.2, -0.15) is 8.61 Å². The molecule has 0 saturated carbocycles. The Labute approximate surface area is 129 Å². The lowest BCUT2D eigenvalue weighted by atomic mass is 10.3. The van der Waals surface area contributed by atoms with Crippen LogP contribution in [0.1, 0.15) is 0 Å². The third-order valence-electron chi connectivity index (χ3n) is 3.43. The monoisotopic (exact) mass is 352 g/mol. The van der Waals surface area contributed by atoms with Crippen molar-refractivity contribution in [3.8, 4) is 5.75 Å². The lowest BCUT2D eigenvalue weighted by molar-refractivity contribution is 0.274.